The van der Waals surface area contributed by atoms with Gasteiger partial charge in [-0.25, -0.2) is 0 Å². The molecule has 0 bridgehead atoms. The second kappa shape index (κ2) is 10.4. The summed E-state index contributed by atoms with van der Waals surface area (Å²) in [5.41, 5.74) is 0.248. The summed E-state index contributed by atoms with van der Waals surface area (Å²) >= 11 is 7.70. The van der Waals surface area contributed by atoms with Gasteiger partial charge >= 0.3 is 0 Å². The molecular weight excluding hydrogens is 452 g/mol. The van der Waals surface area contributed by atoms with Crippen molar-refractivity contribution in [3.8, 4) is 11.5 Å². The van der Waals surface area contributed by atoms with Crippen LogP contribution < -0.4 is 9.47 Å². The molecule has 0 spiro atoms. The molecule has 32 heavy (non-hydrogen) atoms. The van der Waals surface area contributed by atoms with Crippen molar-refractivity contribution in [2.45, 2.75) is 19.9 Å². The highest BCUT2D eigenvalue weighted by atomic mass is 35.5. The van der Waals surface area contributed by atoms with Crippen LogP contribution in [0.25, 0.3) is 5.76 Å². The number of thiophene rings is 1. The number of nitrogens with zero attached hydrogens (tertiary/aromatic N) is 2. The quantitative estimate of drug-likeness (QED) is 0.331. The number of rotatable bonds is 9. The first-order valence-corrected chi connectivity index (χ1v) is 11.6. The minimum Gasteiger partial charge on any atom is -0.507 e. The van der Waals surface area contributed by atoms with Gasteiger partial charge in [0.05, 0.1) is 36.4 Å². The predicted octanol–water partition coefficient (Wildman–Crippen LogP) is 4.18. The maximum Gasteiger partial charge on any atom is 0.295 e. The summed E-state index contributed by atoms with van der Waals surface area (Å²) in [5, 5.41) is 13.4. The van der Waals surface area contributed by atoms with Gasteiger partial charge in [0.15, 0.2) is 0 Å². The Morgan fingerprint density at radius 2 is 1.88 bits per heavy atom. The minimum atomic E-state index is -0.727. The van der Waals surface area contributed by atoms with Gasteiger partial charge in [0.25, 0.3) is 11.7 Å². The number of benzene rings is 1. The van der Waals surface area contributed by atoms with Gasteiger partial charge in [-0.05, 0) is 30.6 Å². The molecule has 1 amide bonds. The number of carbonyl (C=O) groups excluding carboxylic acids is 2. The lowest BCUT2D eigenvalue weighted by Crippen LogP contribution is -2.37. The molecule has 9 heteroatoms. The molecule has 1 unspecified atom stereocenters. The highest BCUT2D eigenvalue weighted by Gasteiger charge is 2.46. The zero-order chi connectivity index (χ0) is 23.4. The predicted molar refractivity (Wildman–Crippen MR) is 126 cm³/mol. The molecule has 0 radical (unpaired) electrons. The van der Waals surface area contributed by atoms with E-state index in [0.717, 1.165) is 18.0 Å². The first kappa shape index (κ1) is 24.1. The van der Waals surface area contributed by atoms with Crippen molar-refractivity contribution >= 4 is 40.4 Å². The van der Waals surface area contributed by atoms with Crippen molar-refractivity contribution in [1.82, 2.24) is 9.80 Å². The van der Waals surface area contributed by atoms with E-state index in [0.29, 0.717) is 18.8 Å². The van der Waals surface area contributed by atoms with Gasteiger partial charge in [-0.2, -0.15) is 0 Å². The fourth-order valence-corrected chi connectivity index (χ4v) is 4.92. The Kier molecular flexibility index (Phi) is 7.82. The summed E-state index contributed by atoms with van der Waals surface area (Å²) in [4.78, 5) is 30.6. The van der Waals surface area contributed by atoms with Gasteiger partial charge in [0, 0.05) is 24.0 Å². The summed E-state index contributed by atoms with van der Waals surface area (Å²) in [5.74, 6) is -1.03. The summed E-state index contributed by atoms with van der Waals surface area (Å²) in [6, 6.07) is 6.04. The molecule has 1 aliphatic rings. The molecule has 172 valence electrons. The first-order chi connectivity index (χ1) is 15.4. The third kappa shape index (κ3) is 4.48. The van der Waals surface area contributed by atoms with Crippen molar-refractivity contribution in [2.75, 3.05) is 40.4 Å². The van der Waals surface area contributed by atoms with E-state index < -0.39 is 17.7 Å². The van der Waals surface area contributed by atoms with Gasteiger partial charge in [0.1, 0.15) is 17.3 Å². The van der Waals surface area contributed by atoms with E-state index in [1.54, 1.807) is 0 Å². The lowest BCUT2D eigenvalue weighted by Gasteiger charge is -2.27. The number of carbonyl (C=O) groups is 2. The van der Waals surface area contributed by atoms with Gasteiger partial charge in [-0.3, -0.25) is 9.59 Å². The molecule has 2 heterocycles. The maximum atomic E-state index is 13.1. The number of hydrogen-bond acceptors (Lipinski definition) is 7. The van der Waals surface area contributed by atoms with Crippen molar-refractivity contribution in [3.63, 3.8) is 0 Å². The average molecular weight is 479 g/mol. The van der Waals surface area contributed by atoms with Crippen molar-refractivity contribution < 1.29 is 24.2 Å². The maximum absolute atomic E-state index is 13.1. The van der Waals surface area contributed by atoms with Crippen LogP contribution in [0.5, 0.6) is 11.5 Å². The molecule has 1 aliphatic heterocycles. The number of Topliss-reactive ketones (excluding diaryl/α,β-unsaturated/α-hetero) is 1. The van der Waals surface area contributed by atoms with E-state index in [2.05, 4.69) is 4.90 Å². The largest absolute Gasteiger partial charge is 0.507 e. The number of hydrogen-bond donors (Lipinski definition) is 1. The Morgan fingerprint density at radius 1 is 1.19 bits per heavy atom. The fourth-order valence-electron chi connectivity index (χ4n) is 3.83. The summed E-state index contributed by atoms with van der Waals surface area (Å²) < 4.78 is 10.6. The molecule has 1 atom stereocenters. The first-order valence-electron chi connectivity index (χ1n) is 10.3. The molecule has 1 aromatic carbocycles. The molecule has 1 saturated heterocycles. The van der Waals surface area contributed by atoms with Crippen molar-refractivity contribution in [3.05, 3.63) is 50.7 Å². The Balaban J connectivity index is 2.13. The number of ether oxygens (including phenoxy) is 2. The van der Waals surface area contributed by atoms with E-state index >= 15 is 0 Å². The molecule has 2 aromatic rings. The molecule has 3 rings (SSSR count). The molecule has 7 nitrogen and oxygen atoms in total. The van der Waals surface area contributed by atoms with Crippen molar-refractivity contribution in [2.24, 2.45) is 0 Å². The smallest absolute Gasteiger partial charge is 0.295 e. The molecule has 1 aromatic heterocycles. The monoisotopic (exact) mass is 478 g/mol. The number of ketones is 1. The third-order valence-corrected chi connectivity index (χ3v) is 6.85. The van der Waals surface area contributed by atoms with Crippen LogP contribution in [0.3, 0.4) is 0 Å². The van der Waals surface area contributed by atoms with E-state index in [1.165, 1.54) is 42.6 Å². The zero-order valence-electron chi connectivity index (χ0n) is 18.6. The Hall–Kier alpha value is -2.55. The van der Waals surface area contributed by atoms with Crippen molar-refractivity contribution in [1.29, 1.82) is 0 Å². The van der Waals surface area contributed by atoms with Gasteiger partial charge in [-0.15, -0.1) is 11.3 Å². The number of aliphatic hydroxyl groups excluding tert-OH is 1. The Labute approximate surface area is 196 Å². The summed E-state index contributed by atoms with van der Waals surface area (Å²) in [6.07, 6.45) is 0. The third-order valence-electron chi connectivity index (χ3n) is 5.63. The number of amides is 1. The van der Waals surface area contributed by atoms with Gasteiger partial charge < -0.3 is 24.4 Å². The lowest BCUT2D eigenvalue weighted by molar-refractivity contribution is -0.140. The Morgan fingerprint density at radius 3 is 2.44 bits per heavy atom. The summed E-state index contributed by atoms with van der Waals surface area (Å²) in [6.45, 7) is 6.77. The van der Waals surface area contributed by atoms with Crippen LogP contribution in [0.2, 0.25) is 5.02 Å². The van der Waals surface area contributed by atoms with Crippen LogP contribution in [-0.4, -0.2) is 67.0 Å². The number of halogens is 1. The molecular formula is C23H27ClN2O5S. The molecule has 1 N–H and O–H groups in total. The number of likely N-dealkylation sites (tertiary alicyclic amines) is 1. The van der Waals surface area contributed by atoms with Crippen LogP contribution in [0.4, 0.5) is 0 Å². The van der Waals surface area contributed by atoms with E-state index in [9.17, 15) is 14.7 Å². The summed E-state index contributed by atoms with van der Waals surface area (Å²) in [7, 11) is 2.91. The Bertz CT molecular complexity index is 1020. The van der Waals surface area contributed by atoms with Crippen LogP contribution in [0, 0.1) is 0 Å². The second-order valence-electron chi connectivity index (χ2n) is 7.22. The normalized spacial score (nSPS) is 17.9. The van der Waals surface area contributed by atoms with E-state index in [1.807, 2.05) is 31.4 Å². The van der Waals surface area contributed by atoms with E-state index in [-0.39, 0.29) is 27.7 Å². The minimum absolute atomic E-state index is 0.0246. The highest BCUT2D eigenvalue weighted by Crippen LogP contribution is 2.43. The number of likely N-dealkylation sites (N-methyl/N-ethyl adjacent to an activating group) is 1. The van der Waals surface area contributed by atoms with Crippen LogP contribution in [0.1, 0.15) is 30.3 Å². The molecule has 0 aliphatic carbocycles. The standard InChI is InChI=1S/C23H27ClN2O5S/c1-5-25(6-2)9-10-26-20(18-8-7-11-32-18)19(22(28)23(26)29)21(27)14-12-15(24)17(31-4)13-16(14)30-3/h7-8,11-13,20,27H,5-6,9-10H2,1-4H3/b21-19-. The number of methoxy groups -OCH3 is 2. The topological polar surface area (TPSA) is 79.3 Å². The van der Waals surface area contributed by atoms with Crippen LogP contribution >= 0.6 is 22.9 Å². The second-order valence-corrected chi connectivity index (χ2v) is 8.61. The van der Waals surface area contributed by atoms with Gasteiger partial charge in [-0.1, -0.05) is 31.5 Å². The lowest BCUT2D eigenvalue weighted by atomic mass is 9.99. The molecule has 0 saturated carbocycles. The molecule has 1 fully saturated rings. The number of aliphatic hydroxyl groups is 1. The zero-order valence-corrected chi connectivity index (χ0v) is 20.1. The van der Waals surface area contributed by atoms with E-state index in [4.69, 9.17) is 21.1 Å². The fraction of sp³-hybridized carbons (Fsp3) is 0.391. The SMILES string of the molecule is CCN(CC)CCN1C(=O)C(=O)/C(=C(\O)c2cc(Cl)c(OC)cc2OC)C1c1cccs1. The van der Waals surface area contributed by atoms with Crippen LogP contribution in [-0.2, 0) is 9.59 Å². The average Bonchev–Trinajstić information content (AvgIpc) is 3.41. The van der Waals surface area contributed by atoms with Crippen LogP contribution in [0.15, 0.2) is 35.2 Å². The van der Waals surface area contributed by atoms with Gasteiger partial charge in [0.2, 0.25) is 0 Å². The highest BCUT2D eigenvalue weighted by molar-refractivity contribution is 7.10.